The summed E-state index contributed by atoms with van der Waals surface area (Å²) < 4.78 is 6.91. The molecule has 1 N–H and O–H groups in total. The predicted octanol–water partition coefficient (Wildman–Crippen LogP) is 5.39. The summed E-state index contributed by atoms with van der Waals surface area (Å²) in [5, 5.41) is 3.04. The van der Waals surface area contributed by atoms with Crippen LogP contribution in [-0.2, 0) is 22.6 Å². The molecule has 3 aromatic rings. The second-order valence-electron chi connectivity index (χ2n) is 9.04. The molecule has 0 fully saturated rings. The summed E-state index contributed by atoms with van der Waals surface area (Å²) in [6.45, 7) is 6.86. The number of aryl methyl sites for hydroxylation is 1. The Bertz CT molecular complexity index is 1100. The molecular weight excluding hydrogens is 551 g/mol. The van der Waals surface area contributed by atoms with E-state index in [2.05, 4.69) is 41.8 Å². The molecule has 0 saturated carbocycles. The van der Waals surface area contributed by atoms with Gasteiger partial charge in [-0.05, 0) is 76.4 Å². The van der Waals surface area contributed by atoms with Crippen molar-refractivity contribution in [3.63, 3.8) is 0 Å². The van der Waals surface area contributed by atoms with Crippen molar-refractivity contribution >= 4 is 34.4 Å². The van der Waals surface area contributed by atoms with Gasteiger partial charge in [0, 0.05) is 23.1 Å². The van der Waals surface area contributed by atoms with Gasteiger partial charge in [-0.2, -0.15) is 0 Å². The molecule has 0 aliphatic carbocycles. The maximum absolute atomic E-state index is 13.6. The van der Waals surface area contributed by atoms with Crippen LogP contribution in [0.4, 0.5) is 0 Å². The number of carbonyl (C=O) groups is 2. The number of nitrogens with one attached hydrogen (secondary N) is 1. The molecule has 0 unspecified atom stereocenters. The van der Waals surface area contributed by atoms with Crippen molar-refractivity contribution < 1.29 is 14.3 Å². The van der Waals surface area contributed by atoms with Gasteiger partial charge in [-0.1, -0.05) is 68.4 Å². The van der Waals surface area contributed by atoms with Gasteiger partial charge in [0.05, 0.1) is 0 Å². The molecule has 0 aliphatic heterocycles. The Hall–Kier alpha value is -2.87. The van der Waals surface area contributed by atoms with Crippen molar-refractivity contribution in [2.45, 2.75) is 39.8 Å². The summed E-state index contributed by atoms with van der Waals surface area (Å²) in [4.78, 5) is 28.7. The first-order chi connectivity index (χ1) is 16.8. The highest BCUT2D eigenvalue weighted by Gasteiger charge is 2.31. The molecule has 0 aromatic heterocycles. The summed E-state index contributed by atoms with van der Waals surface area (Å²) in [5.41, 5.74) is 3.08. The highest BCUT2D eigenvalue weighted by Crippen LogP contribution is 2.18. The average molecular weight is 584 g/mol. The third kappa shape index (κ3) is 8.38. The molecule has 0 saturated heterocycles. The van der Waals surface area contributed by atoms with E-state index in [-0.39, 0.29) is 18.4 Å². The summed E-state index contributed by atoms with van der Waals surface area (Å²) in [6, 6.07) is 24.7. The number of rotatable bonds is 11. The molecule has 184 valence electrons. The molecule has 35 heavy (non-hydrogen) atoms. The molecule has 0 aliphatic rings. The smallest absolute Gasteiger partial charge is 0.261 e. The molecule has 0 bridgehead atoms. The zero-order valence-corrected chi connectivity index (χ0v) is 22.7. The molecule has 2 amide bonds. The maximum Gasteiger partial charge on any atom is 0.261 e. The quantitative estimate of drug-likeness (QED) is 0.308. The highest BCUT2D eigenvalue weighted by molar-refractivity contribution is 14.1. The van der Waals surface area contributed by atoms with E-state index in [0.29, 0.717) is 31.2 Å². The lowest BCUT2D eigenvalue weighted by atomic mass is 10.0. The Morgan fingerprint density at radius 3 is 2.26 bits per heavy atom. The number of benzene rings is 3. The molecule has 0 radical (unpaired) electrons. The van der Waals surface area contributed by atoms with Crippen LogP contribution in [0, 0.1) is 16.4 Å². The minimum atomic E-state index is -0.663. The second kappa shape index (κ2) is 13.3. The van der Waals surface area contributed by atoms with E-state index in [9.17, 15) is 9.59 Å². The Kier molecular flexibility index (Phi) is 10.1. The van der Waals surface area contributed by atoms with Gasteiger partial charge in [0.25, 0.3) is 5.91 Å². The van der Waals surface area contributed by atoms with E-state index in [1.807, 2.05) is 85.8 Å². The van der Waals surface area contributed by atoms with Crippen molar-refractivity contribution in [3.05, 3.63) is 99.1 Å². The van der Waals surface area contributed by atoms with Gasteiger partial charge in [-0.15, -0.1) is 0 Å². The van der Waals surface area contributed by atoms with Crippen molar-refractivity contribution in [3.8, 4) is 5.75 Å². The molecule has 5 nitrogen and oxygen atoms in total. The van der Waals surface area contributed by atoms with Crippen LogP contribution in [0.1, 0.15) is 30.5 Å². The van der Waals surface area contributed by atoms with E-state index < -0.39 is 6.04 Å². The van der Waals surface area contributed by atoms with Crippen LogP contribution < -0.4 is 10.1 Å². The molecular formula is C29H33IN2O3. The van der Waals surface area contributed by atoms with Gasteiger partial charge < -0.3 is 15.0 Å². The van der Waals surface area contributed by atoms with Crippen molar-refractivity contribution in [1.82, 2.24) is 10.2 Å². The SMILES string of the molecule is Cc1ccccc1CN(C(=O)COc1ccc(I)cc1)[C@@H](Cc1ccccc1)C(=O)NCC(C)C. The standard InChI is InChI=1S/C29H33IN2O3/c1-21(2)18-31-29(34)27(17-23-10-5-4-6-11-23)32(19-24-12-8-7-9-22(24)3)28(33)20-35-26-15-13-25(30)14-16-26/h4-16,21,27H,17-20H2,1-3H3,(H,31,34)/t27-/m0/s1. The highest BCUT2D eigenvalue weighted by atomic mass is 127. The first-order valence-electron chi connectivity index (χ1n) is 11.9. The van der Waals surface area contributed by atoms with Crippen LogP contribution in [0.3, 0.4) is 0 Å². The number of amides is 2. The number of hydrogen-bond acceptors (Lipinski definition) is 3. The van der Waals surface area contributed by atoms with Crippen molar-refractivity contribution in [2.75, 3.05) is 13.2 Å². The van der Waals surface area contributed by atoms with Crippen LogP contribution in [0.15, 0.2) is 78.9 Å². The first kappa shape index (κ1) is 26.7. The van der Waals surface area contributed by atoms with Gasteiger partial charge in [0.1, 0.15) is 11.8 Å². The molecule has 3 aromatic carbocycles. The average Bonchev–Trinajstić information content (AvgIpc) is 2.85. The summed E-state index contributed by atoms with van der Waals surface area (Å²) in [7, 11) is 0. The molecule has 1 atom stereocenters. The summed E-state index contributed by atoms with van der Waals surface area (Å²) in [6.07, 6.45) is 0.423. The van der Waals surface area contributed by atoms with Crippen LogP contribution in [-0.4, -0.2) is 35.9 Å². The number of hydrogen-bond donors (Lipinski definition) is 1. The number of halogens is 1. The third-order valence-corrected chi connectivity index (χ3v) is 6.45. The molecule has 6 heteroatoms. The normalized spacial score (nSPS) is 11.7. The largest absolute Gasteiger partial charge is 0.484 e. The van der Waals surface area contributed by atoms with Crippen LogP contribution in [0.25, 0.3) is 0 Å². The first-order valence-corrected chi connectivity index (χ1v) is 13.0. The van der Waals surface area contributed by atoms with Gasteiger partial charge in [0.2, 0.25) is 5.91 Å². The number of carbonyl (C=O) groups excluding carboxylic acids is 2. The van der Waals surface area contributed by atoms with E-state index in [4.69, 9.17) is 4.74 Å². The van der Waals surface area contributed by atoms with E-state index in [1.54, 1.807) is 4.90 Å². The lowest BCUT2D eigenvalue weighted by molar-refractivity contribution is -0.142. The van der Waals surface area contributed by atoms with Crippen molar-refractivity contribution in [1.29, 1.82) is 0 Å². The summed E-state index contributed by atoms with van der Waals surface area (Å²) >= 11 is 2.23. The Balaban J connectivity index is 1.90. The molecule has 0 heterocycles. The third-order valence-electron chi connectivity index (χ3n) is 5.73. The van der Waals surface area contributed by atoms with Crippen LogP contribution >= 0.6 is 22.6 Å². The fraction of sp³-hybridized carbons (Fsp3) is 0.310. The van der Waals surface area contributed by atoms with Gasteiger partial charge in [-0.25, -0.2) is 0 Å². The van der Waals surface area contributed by atoms with Gasteiger partial charge >= 0.3 is 0 Å². The molecule has 0 spiro atoms. The number of nitrogens with zero attached hydrogens (tertiary/aromatic N) is 1. The van der Waals surface area contributed by atoms with Crippen LogP contribution in [0.5, 0.6) is 5.75 Å². The Labute approximate surface area is 222 Å². The molecule has 3 rings (SSSR count). The minimum absolute atomic E-state index is 0.144. The van der Waals surface area contributed by atoms with E-state index in [1.165, 1.54) is 0 Å². The van der Waals surface area contributed by atoms with E-state index >= 15 is 0 Å². The van der Waals surface area contributed by atoms with Crippen molar-refractivity contribution in [2.24, 2.45) is 5.92 Å². The summed E-state index contributed by atoms with van der Waals surface area (Å²) in [5.74, 6) is 0.547. The fourth-order valence-corrected chi connectivity index (χ4v) is 4.07. The zero-order chi connectivity index (χ0) is 25.2. The van der Waals surface area contributed by atoms with Gasteiger partial charge in [0.15, 0.2) is 6.61 Å². The second-order valence-corrected chi connectivity index (χ2v) is 10.3. The monoisotopic (exact) mass is 584 g/mol. The lowest BCUT2D eigenvalue weighted by Gasteiger charge is -2.32. The van der Waals surface area contributed by atoms with E-state index in [0.717, 1.165) is 20.3 Å². The Morgan fingerprint density at radius 1 is 0.943 bits per heavy atom. The number of ether oxygens (including phenoxy) is 1. The van der Waals surface area contributed by atoms with Crippen LogP contribution in [0.2, 0.25) is 0 Å². The predicted molar refractivity (Wildman–Crippen MR) is 148 cm³/mol. The topological polar surface area (TPSA) is 58.6 Å². The zero-order valence-electron chi connectivity index (χ0n) is 20.5. The fourth-order valence-electron chi connectivity index (χ4n) is 3.71. The maximum atomic E-state index is 13.6. The lowest BCUT2D eigenvalue weighted by Crippen LogP contribution is -2.52. The van der Waals surface area contributed by atoms with Gasteiger partial charge in [-0.3, -0.25) is 9.59 Å². The minimum Gasteiger partial charge on any atom is -0.484 e. The Morgan fingerprint density at radius 2 is 1.60 bits per heavy atom.